The van der Waals surface area contributed by atoms with Crippen LogP contribution in [0.5, 0.6) is 0 Å². The smallest absolute Gasteiger partial charge is 0.303 e. The summed E-state index contributed by atoms with van der Waals surface area (Å²) in [5, 5.41) is 13.8. The molecule has 1 aliphatic rings. The summed E-state index contributed by atoms with van der Waals surface area (Å²) in [6.07, 6.45) is 6.48. The summed E-state index contributed by atoms with van der Waals surface area (Å²) in [5.41, 5.74) is 3.48. The van der Waals surface area contributed by atoms with E-state index in [1.165, 1.54) is 34.4 Å². The molecule has 6 nitrogen and oxygen atoms in total. The number of hydrogen-bond acceptors (Lipinski definition) is 6. The zero-order chi connectivity index (χ0) is 25.5. The molecule has 3 aromatic rings. The molecule has 1 aliphatic heterocycles. The number of thioether (sulfide) groups is 2. The van der Waals surface area contributed by atoms with Gasteiger partial charge in [-0.3, -0.25) is 14.5 Å². The third-order valence-corrected chi connectivity index (χ3v) is 8.07. The summed E-state index contributed by atoms with van der Waals surface area (Å²) in [4.78, 5) is 27.1. The van der Waals surface area contributed by atoms with Crippen molar-refractivity contribution in [1.82, 2.24) is 14.7 Å². The quantitative estimate of drug-likeness (QED) is 0.130. The van der Waals surface area contributed by atoms with Crippen LogP contribution in [0.3, 0.4) is 0 Å². The Morgan fingerprint density at radius 3 is 2.58 bits per heavy atom. The van der Waals surface area contributed by atoms with Crippen molar-refractivity contribution in [2.45, 2.75) is 37.5 Å². The molecule has 0 aliphatic carbocycles. The Morgan fingerprint density at radius 1 is 1.14 bits per heavy atom. The zero-order valence-corrected chi connectivity index (χ0v) is 22.4. The number of carbonyl (C=O) groups excluding carboxylic acids is 1. The third kappa shape index (κ3) is 6.46. The van der Waals surface area contributed by atoms with Gasteiger partial charge in [-0.25, -0.2) is 4.68 Å². The summed E-state index contributed by atoms with van der Waals surface area (Å²) in [6, 6.07) is 18.2. The van der Waals surface area contributed by atoms with E-state index < -0.39 is 5.97 Å². The highest BCUT2D eigenvalue weighted by Crippen LogP contribution is 2.35. The summed E-state index contributed by atoms with van der Waals surface area (Å²) in [6.45, 7) is 2.49. The number of carboxylic acids is 1. The van der Waals surface area contributed by atoms with E-state index in [0.29, 0.717) is 22.2 Å². The molecule has 36 heavy (non-hydrogen) atoms. The fraction of sp³-hybridized carbons (Fsp3) is 0.259. The first kappa shape index (κ1) is 26.2. The van der Waals surface area contributed by atoms with Gasteiger partial charge in [0, 0.05) is 35.2 Å². The molecule has 9 heteroatoms. The van der Waals surface area contributed by atoms with Crippen LogP contribution in [-0.4, -0.2) is 48.3 Å². The van der Waals surface area contributed by atoms with Gasteiger partial charge in [0.15, 0.2) is 0 Å². The largest absolute Gasteiger partial charge is 0.481 e. The monoisotopic (exact) mass is 537 g/mol. The van der Waals surface area contributed by atoms with Gasteiger partial charge in [-0.05, 0) is 48.9 Å². The van der Waals surface area contributed by atoms with E-state index in [9.17, 15) is 9.59 Å². The first-order chi connectivity index (χ1) is 17.5. The van der Waals surface area contributed by atoms with E-state index >= 15 is 0 Å². The number of aliphatic carboxylic acids is 1. The molecular weight excluding hydrogens is 511 g/mol. The molecule has 0 bridgehead atoms. The van der Waals surface area contributed by atoms with E-state index in [-0.39, 0.29) is 12.3 Å². The molecule has 1 fully saturated rings. The van der Waals surface area contributed by atoms with Crippen LogP contribution >= 0.6 is 35.7 Å². The van der Waals surface area contributed by atoms with Crippen LogP contribution in [0.4, 0.5) is 0 Å². The lowest BCUT2D eigenvalue weighted by Crippen LogP contribution is -2.29. The molecule has 1 N–H and O–H groups in total. The Labute approximate surface area is 224 Å². The minimum absolute atomic E-state index is 0.00315. The van der Waals surface area contributed by atoms with E-state index in [4.69, 9.17) is 22.4 Å². The molecule has 4 rings (SSSR count). The van der Waals surface area contributed by atoms with Crippen molar-refractivity contribution in [2.24, 2.45) is 0 Å². The van der Waals surface area contributed by atoms with E-state index in [1.807, 2.05) is 59.0 Å². The maximum Gasteiger partial charge on any atom is 0.303 e. The van der Waals surface area contributed by atoms with Gasteiger partial charge in [-0.2, -0.15) is 5.10 Å². The van der Waals surface area contributed by atoms with Gasteiger partial charge in [0.2, 0.25) is 0 Å². The molecule has 0 radical (unpaired) electrons. The predicted octanol–water partition coefficient (Wildman–Crippen LogP) is 6.50. The lowest BCUT2D eigenvalue weighted by molar-refractivity contribution is -0.137. The van der Waals surface area contributed by atoms with Crippen molar-refractivity contribution in [3.8, 4) is 16.9 Å². The van der Waals surface area contributed by atoms with Gasteiger partial charge in [0.1, 0.15) is 4.32 Å². The Morgan fingerprint density at radius 2 is 1.89 bits per heavy atom. The third-order valence-electron chi connectivity index (χ3n) is 5.59. The number of carbonyl (C=O) groups is 2. The number of nitrogens with zero attached hydrogens (tertiary/aromatic N) is 3. The number of thiocarbonyl (C=S) groups is 1. The van der Waals surface area contributed by atoms with E-state index in [2.05, 4.69) is 31.2 Å². The van der Waals surface area contributed by atoms with Crippen LogP contribution in [0, 0.1) is 0 Å². The van der Waals surface area contributed by atoms with Crippen molar-refractivity contribution < 1.29 is 14.7 Å². The van der Waals surface area contributed by atoms with E-state index in [1.54, 1.807) is 0 Å². The van der Waals surface area contributed by atoms with Gasteiger partial charge in [0.05, 0.1) is 16.3 Å². The Bertz CT molecular complexity index is 1270. The molecule has 2 heterocycles. The molecule has 0 unspecified atom stereocenters. The van der Waals surface area contributed by atoms with Crippen LogP contribution in [-0.2, 0) is 9.59 Å². The fourth-order valence-corrected chi connectivity index (χ4v) is 5.99. The maximum absolute atomic E-state index is 13.1. The summed E-state index contributed by atoms with van der Waals surface area (Å²) in [7, 11) is 0. The second-order valence-electron chi connectivity index (χ2n) is 8.27. The minimum Gasteiger partial charge on any atom is -0.481 e. The second kappa shape index (κ2) is 12.4. The minimum atomic E-state index is -0.885. The number of unbranched alkanes of at least 4 members (excludes halogenated alkanes) is 1. The summed E-state index contributed by atoms with van der Waals surface area (Å²) < 4.78 is 2.26. The first-order valence-electron chi connectivity index (χ1n) is 11.8. The summed E-state index contributed by atoms with van der Waals surface area (Å²) in [5.74, 6) is 0.0121. The van der Waals surface area contributed by atoms with Gasteiger partial charge < -0.3 is 5.11 Å². The van der Waals surface area contributed by atoms with Gasteiger partial charge >= 0.3 is 5.97 Å². The molecule has 0 saturated carbocycles. The highest BCUT2D eigenvalue weighted by Gasteiger charge is 2.32. The van der Waals surface area contributed by atoms with Gasteiger partial charge in [-0.1, -0.05) is 67.7 Å². The molecular formula is C27H27N3O3S3. The van der Waals surface area contributed by atoms with Crippen molar-refractivity contribution in [3.63, 3.8) is 0 Å². The van der Waals surface area contributed by atoms with Crippen LogP contribution in [0.2, 0.25) is 0 Å². The van der Waals surface area contributed by atoms with Crippen molar-refractivity contribution in [2.75, 3.05) is 12.3 Å². The second-order valence-corrected chi connectivity index (χ2v) is 11.1. The molecule has 1 saturated heterocycles. The van der Waals surface area contributed by atoms with Crippen LogP contribution in [0.1, 0.15) is 38.2 Å². The Balaban J connectivity index is 1.64. The van der Waals surface area contributed by atoms with Crippen molar-refractivity contribution >= 4 is 58.0 Å². The normalized spacial score (nSPS) is 14.7. The standard InChI is InChI=1S/C27H27N3O3S3/c1-2-3-16-35-22-13-11-19(12-14-22)25-20(18-30(28-25)21-8-5-4-6-9-21)17-23-26(33)29(27(34)36-23)15-7-10-24(31)32/h4-6,8-9,11-14,17-18H,2-3,7,10,15-16H2,1H3,(H,31,32)/b23-17-. The highest BCUT2D eigenvalue weighted by atomic mass is 32.2. The number of carboxylic acid groups (broad SMARTS) is 1. The van der Waals surface area contributed by atoms with Crippen LogP contribution in [0.25, 0.3) is 23.0 Å². The SMILES string of the molecule is CCCCSc1ccc(-c2nn(-c3ccccc3)cc2/C=C2\SC(=S)N(CCCC(=O)O)C2=O)cc1. The topological polar surface area (TPSA) is 75.4 Å². The maximum atomic E-state index is 13.1. The lowest BCUT2D eigenvalue weighted by atomic mass is 10.1. The number of benzene rings is 2. The fourth-order valence-electron chi connectivity index (χ4n) is 3.70. The molecule has 186 valence electrons. The number of amides is 1. The highest BCUT2D eigenvalue weighted by molar-refractivity contribution is 8.26. The molecule has 1 amide bonds. The zero-order valence-electron chi connectivity index (χ0n) is 19.9. The molecule has 2 aromatic carbocycles. The first-order valence-corrected chi connectivity index (χ1v) is 14.0. The average Bonchev–Trinajstić information content (AvgIpc) is 3.41. The van der Waals surface area contributed by atoms with Gasteiger partial charge in [-0.15, -0.1) is 11.8 Å². The lowest BCUT2D eigenvalue weighted by Gasteiger charge is -2.13. The predicted molar refractivity (Wildman–Crippen MR) is 151 cm³/mol. The molecule has 0 atom stereocenters. The van der Waals surface area contributed by atoms with Crippen LogP contribution < -0.4 is 0 Å². The summed E-state index contributed by atoms with van der Waals surface area (Å²) >= 11 is 8.50. The number of aromatic nitrogens is 2. The average molecular weight is 538 g/mol. The Kier molecular flexibility index (Phi) is 9.01. The van der Waals surface area contributed by atoms with Crippen molar-refractivity contribution in [1.29, 1.82) is 0 Å². The molecule has 0 spiro atoms. The van der Waals surface area contributed by atoms with E-state index in [0.717, 1.165) is 28.3 Å². The van der Waals surface area contributed by atoms with Gasteiger partial charge in [0.25, 0.3) is 5.91 Å². The Hall–Kier alpha value is -2.88. The van der Waals surface area contributed by atoms with Crippen LogP contribution in [0.15, 0.2) is 70.6 Å². The molecule has 1 aromatic heterocycles. The number of para-hydroxylation sites is 1. The van der Waals surface area contributed by atoms with Crippen molar-refractivity contribution in [3.05, 3.63) is 71.3 Å². The number of hydrogen-bond donors (Lipinski definition) is 1. The number of rotatable bonds is 11.